The normalized spacial score (nSPS) is 10.7. The summed E-state index contributed by atoms with van der Waals surface area (Å²) in [6, 6.07) is 9.51. The average Bonchev–Trinajstić information content (AvgIpc) is 2.70. The molecule has 0 aliphatic carbocycles. The summed E-state index contributed by atoms with van der Waals surface area (Å²) in [6.07, 6.45) is 0.165. The van der Waals surface area contributed by atoms with Gasteiger partial charge in [-0.15, -0.1) is 10.2 Å². The quantitative estimate of drug-likeness (QED) is 0.853. The minimum Gasteiger partial charge on any atom is -0.491 e. The Kier molecular flexibility index (Phi) is 3.65. The lowest BCUT2D eigenvalue weighted by Crippen LogP contribution is -1.75. The number of rotatable bonds is 3. The van der Waals surface area contributed by atoms with Crippen molar-refractivity contribution in [2.75, 3.05) is 0 Å². The van der Waals surface area contributed by atoms with Gasteiger partial charge < -0.3 is 5.11 Å². The van der Waals surface area contributed by atoms with Crippen molar-refractivity contribution < 1.29 is 5.11 Å². The molecule has 0 aliphatic rings. The maximum Gasteiger partial charge on any atom is 0.251 e. The Morgan fingerprint density at radius 2 is 2.06 bits per heavy atom. The second-order valence-corrected chi connectivity index (χ2v) is 4.67. The first-order valence-electron chi connectivity index (χ1n) is 5.23. The molecule has 1 aromatic heterocycles. The first-order valence-corrected chi connectivity index (χ1v) is 6.04. The van der Waals surface area contributed by atoms with Crippen LogP contribution in [-0.2, 0) is 6.42 Å². The lowest BCUT2D eigenvalue weighted by Gasteiger charge is -1.92. The van der Waals surface area contributed by atoms with Gasteiger partial charge in [-0.05, 0) is 19.1 Å². The zero-order valence-corrected chi connectivity index (χ0v) is 10.5. The summed E-state index contributed by atoms with van der Waals surface area (Å²) < 4.78 is 0. The zero-order chi connectivity index (χ0) is 13.0. The minimum absolute atomic E-state index is 0.165. The lowest BCUT2D eigenvalue weighted by molar-refractivity contribution is 0.457. The number of aromatic nitrogens is 1. The Bertz CT molecular complexity index is 610. The van der Waals surface area contributed by atoms with Gasteiger partial charge in [-0.3, -0.25) is 0 Å². The third kappa shape index (κ3) is 2.90. The van der Waals surface area contributed by atoms with Crippen LogP contribution < -0.4 is 0 Å². The Labute approximate surface area is 108 Å². The van der Waals surface area contributed by atoms with E-state index >= 15 is 0 Å². The van der Waals surface area contributed by atoms with Gasteiger partial charge >= 0.3 is 0 Å². The Hall–Kier alpha value is -2.26. The summed E-state index contributed by atoms with van der Waals surface area (Å²) in [5, 5.41) is 26.8. The van der Waals surface area contributed by atoms with Crippen LogP contribution in [0.15, 0.2) is 34.5 Å². The van der Waals surface area contributed by atoms with Crippen LogP contribution >= 0.6 is 11.3 Å². The van der Waals surface area contributed by atoms with E-state index < -0.39 is 0 Å². The molecule has 0 bridgehead atoms. The van der Waals surface area contributed by atoms with Crippen LogP contribution in [0.1, 0.15) is 10.6 Å². The summed E-state index contributed by atoms with van der Waals surface area (Å²) in [5.74, 6) is -0.180. The predicted octanol–water partition coefficient (Wildman–Crippen LogP) is 3.64. The lowest BCUT2D eigenvalue weighted by atomic mass is 10.2. The first kappa shape index (κ1) is 12.2. The third-order valence-corrected chi connectivity index (χ3v) is 3.09. The van der Waals surface area contributed by atoms with E-state index in [1.165, 1.54) is 0 Å². The van der Waals surface area contributed by atoms with Gasteiger partial charge in [-0.2, -0.15) is 5.26 Å². The number of aromatic hydroxyl groups is 1. The van der Waals surface area contributed by atoms with Crippen molar-refractivity contribution in [1.82, 2.24) is 4.98 Å². The molecule has 0 unspecified atom stereocenters. The fourth-order valence-electron chi connectivity index (χ4n) is 1.27. The van der Waals surface area contributed by atoms with Gasteiger partial charge in [0, 0.05) is 0 Å². The molecule has 2 rings (SSSR count). The maximum atomic E-state index is 9.52. The maximum absolute atomic E-state index is 9.52. The van der Waals surface area contributed by atoms with Gasteiger partial charge in [-0.1, -0.05) is 29.0 Å². The summed E-state index contributed by atoms with van der Waals surface area (Å²) in [5.41, 5.74) is 1.85. The van der Waals surface area contributed by atoms with E-state index in [9.17, 15) is 5.11 Å². The number of aryl methyl sites for hydroxylation is 1. The van der Waals surface area contributed by atoms with E-state index in [0.717, 1.165) is 16.9 Å². The monoisotopic (exact) mass is 258 g/mol. The highest BCUT2D eigenvalue weighted by Crippen LogP contribution is 2.34. The standard InChI is InChI=1S/C12H10N4OS/c1-8-2-4-9(5-3-8)15-16-12-11(17)14-10(18-12)6-7-13/h2-5,17H,6H2,1H3. The summed E-state index contributed by atoms with van der Waals surface area (Å²) in [4.78, 5) is 3.82. The van der Waals surface area contributed by atoms with E-state index in [1.807, 2.05) is 37.3 Å². The van der Waals surface area contributed by atoms with Crippen molar-refractivity contribution in [3.63, 3.8) is 0 Å². The van der Waals surface area contributed by atoms with E-state index in [0.29, 0.717) is 15.7 Å². The van der Waals surface area contributed by atoms with Gasteiger partial charge in [0.15, 0.2) is 0 Å². The SMILES string of the molecule is Cc1ccc(N=Nc2sc(CC#N)nc2O)cc1. The Balaban J connectivity index is 2.18. The van der Waals surface area contributed by atoms with Crippen LogP contribution in [0.3, 0.4) is 0 Å². The number of benzene rings is 1. The molecule has 0 atom stereocenters. The third-order valence-electron chi connectivity index (χ3n) is 2.16. The molecule has 0 saturated carbocycles. The van der Waals surface area contributed by atoms with Gasteiger partial charge in [0.1, 0.15) is 5.01 Å². The molecule has 90 valence electrons. The second-order valence-electron chi connectivity index (χ2n) is 3.61. The average molecular weight is 258 g/mol. The predicted molar refractivity (Wildman–Crippen MR) is 68.5 cm³/mol. The van der Waals surface area contributed by atoms with E-state index in [4.69, 9.17) is 5.26 Å². The van der Waals surface area contributed by atoms with Crippen molar-refractivity contribution in [2.24, 2.45) is 10.2 Å². The van der Waals surface area contributed by atoms with Gasteiger partial charge in [0.05, 0.1) is 18.2 Å². The number of hydrogen-bond donors (Lipinski definition) is 1. The molecule has 1 heterocycles. The van der Waals surface area contributed by atoms with Crippen molar-refractivity contribution >= 4 is 22.0 Å². The molecule has 2 aromatic rings. The molecule has 0 spiro atoms. The molecule has 1 N–H and O–H groups in total. The molecule has 0 radical (unpaired) electrons. The van der Waals surface area contributed by atoms with Gasteiger partial charge in [0.2, 0.25) is 5.00 Å². The number of azo groups is 1. The van der Waals surface area contributed by atoms with Crippen LogP contribution in [0, 0.1) is 18.3 Å². The smallest absolute Gasteiger partial charge is 0.251 e. The highest BCUT2D eigenvalue weighted by molar-refractivity contribution is 7.15. The molecule has 18 heavy (non-hydrogen) atoms. The summed E-state index contributed by atoms with van der Waals surface area (Å²) in [7, 11) is 0. The second kappa shape index (κ2) is 5.38. The molecule has 0 saturated heterocycles. The molecule has 6 heteroatoms. The minimum atomic E-state index is -0.180. The number of nitrogens with zero attached hydrogens (tertiary/aromatic N) is 4. The number of thiazole rings is 1. The number of nitriles is 1. The van der Waals surface area contributed by atoms with E-state index in [1.54, 1.807) is 0 Å². The number of hydrogen-bond acceptors (Lipinski definition) is 6. The molecule has 0 amide bonds. The first-order chi connectivity index (χ1) is 8.69. The Morgan fingerprint density at radius 3 is 2.72 bits per heavy atom. The van der Waals surface area contributed by atoms with Crippen molar-refractivity contribution in [3.05, 3.63) is 34.8 Å². The van der Waals surface area contributed by atoms with Crippen molar-refractivity contribution in [1.29, 1.82) is 5.26 Å². The topological polar surface area (TPSA) is 81.6 Å². The van der Waals surface area contributed by atoms with Crippen LogP contribution in [0.2, 0.25) is 0 Å². The highest BCUT2D eigenvalue weighted by Gasteiger charge is 2.08. The van der Waals surface area contributed by atoms with Crippen LogP contribution in [0.25, 0.3) is 0 Å². The van der Waals surface area contributed by atoms with Gasteiger partial charge in [-0.25, -0.2) is 4.98 Å². The molecular formula is C12H10N4OS. The molecule has 5 nitrogen and oxygen atoms in total. The van der Waals surface area contributed by atoms with E-state index in [2.05, 4.69) is 15.2 Å². The van der Waals surface area contributed by atoms with Crippen LogP contribution in [-0.4, -0.2) is 10.1 Å². The zero-order valence-electron chi connectivity index (χ0n) is 9.66. The molecule has 1 aromatic carbocycles. The fraction of sp³-hybridized carbons (Fsp3) is 0.167. The summed E-state index contributed by atoms with van der Waals surface area (Å²) >= 11 is 1.16. The largest absolute Gasteiger partial charge is 0.491 e. The van der Waals surface area contributed by atoms with Crippen molar-refractivity contribution in [2.45, 2.75) is 13.3 Å². The highest BCUT2D eigenvalue weighted by atomic mass is 32.1. The fourth-order valence-corrected chi connectivity index (χ4v) is 1.98. The Morgan fingerprint density at radius 1 is 1.33 bits per heavy atom. The van der Waals surface area contributed by atoms with E-state index in [-0.39, 0.29) is 12.3 Å². The van der Waals surface area contributed by atoms with Gasteiger partial charge in [0.25, 0.3) is 5.88 Å². The van der Waals surface area contributed by atoms with Crippen molar-refractivity contribution in [3.8, 4) is 11.9 Å². The van der Waals surface area contributed by atoms with Crippen LogP contribution in [0.5, 0.6) is 5.88 Å². The molecule has 0 aliphatic heterocycles. The van der Waals surface area contributed by atoms with Crippen LogP contribution in [0.4, 0.5) is 10.7 Å². The summed E-state index contributed by atoms with van der Waals surface area (Å²) in [6.45, 7) is 1.99. The molecular weight excluding hydrogens is 248 g/mol. The molecule has 0 fully saturated rings.